The van der Waals surface area contributed by atoms with E-state index in [0.29, 0.717) is 0 Å². The molecule has 0 nitrogen and oxygen atoms in total. The molecular formula is C26H40. The zero-order valence-corrected chi connectivity index (χ0v) is 17.7. The van der Waals surface area contributed by atoms with Gasteiger partial charge in [0.2, 0.25) is 0 Å². The molecule has 0 amide bonds. The Hall–Kier alpha value is -1.04. The zero-order chi connectivity index (χ0) is 18.5. The first-order valence-corrected chi connectivity index (χ1v) is 11.3. The van der Waals surface area contributed by atoms with E-state index in [1.165, 1.54) is 80.9 Å². The predicted molar refractivity (Wildman–Crippen MR) is 115 cm³/mol. The van der Waals surface area contributed by atoms with Crippen LogP contribution in [0.2, 0.25) is 0 Å². The summed E-state index contributed by atoms with van der Waals surface area (Å²) in [6, 6.07) is 9.10. The molecule has 0 N–H and O–H groups in total. The zero-order valence-electron chi connectivity index (χ0n) is 17.7. The minimum Gasteiger partial charge on any atom is -0.0667 e. The molecule has 1 aromatic rings. The van der Waals surface area contributed by atoms with Gasteiger partial charge in [0, 0.05) is 0 Å². The molecule has 2 aliphatic rings. The van der Waals surface area contributed by atoms with E-state index >= 15 is 0 Å². The van der Waals surface area contributed by atoms with Gasteiger partial charge in [-0.15, -0.1) is 0 Å². The maximum atomic E-state index is 2.40. The first kappa shape index (κ1) is 19.7. The first-order valence-electron chi connectivity index (χ1n) is 11.3. The second kappa shape index (κ2) is 9.25. The Morgan fingerprint density at radius 1 is 0.808 bits per heavy atom. The lowest BCUT2D eigenvalue weighted by molar-refractivity contribution is 0.150. The fraction of sp³-hybridized carbons (Fsp3) is 0.692. The Morgan fingerprint density at radius 3 is 1.88 bits per heavy atom. The maximum Gasteiger partial charge on any atom is -0.0200 e. The Morgan fingerprint density at radius 2 is 1.35 bits per heavy atom. The fourth-order valence-corrected chi connectivity index (χ4v) is 5.72. The van der Waals surface area contributed by atoms with Crippen molar-refractivity contribution in [3.8, 4) is 0 Å². The molecule has 0 spiro atoms. The predicted octanol–water partition coefficient (Wildman–Crippen LogP) is 8.20. The van der Waals surface area contributed by atoms with Gasteiger partial charge < -0.3 is 0 Å². The van der Waals surface area contributed by atoms with Crippen molar-refractivity contribution in [3.63, 3.8) is 0 Å². The van der Waals surface area contributed by atoms with Gasteiger partial charge in [-0.25, -0.2) is 0 Å². The molecule has 0 heteroatoms. The van der Waals surface area contributed by atoms with Crippen LogP contribution in [0.4, 0.5) is 0 Å². The molecule has 0 saturated heterocycles. The standard InChI is InChI=1S/C26H40/c1-5-6-22-9-13-25(14-10-22)26-17-15-24(16-18-26)21(4)20(3)23-11-7-19(2)8-12-23/h7-8,11-12,22,24-26H,5-6,9-10,13-18H2,1-4H3. The average molecular weight is 353 g/mol. The van der Waals surface area contributed by atoms with Gasteiger partial charge in [0.1, 0.15) is 0 Å². The van der Waals surface area contributed by atoms with E-state index in [1.807, 2.05) is 0 Å². The van der Waals surface area contributed by atoms with Crippen LogP contribution in [0.25, 0.3) is 5.57 Å². The summed E-state index contributed by atoms with van der Waals surface area (Å²) in [5.41, 5.74) is 5.95. The lowest BCUT2D eigenvalue weighted by Crippen LogP contribution is -2.26. The molecule has 0 aromatic heterocycles. The van der Waals surface area contributed by atoms with Crippen molar-refractivity contribution in [1.82, 2.24) is 0 Å². The third-order valence-corrected chi connectivity index (χ3v) is 7.72. The minimum atomic E-state index is 0.823. The van der Waals surface area contributed by atoms with E-state index in [9.17, 15) is 0 Å². The highest BCUT2D eigenvalue weighted by atomic mass is 14.4. The van der Waals surface area contributed by atoms with Crippen molar-refractivity contribution in [2.75, 3.05) is 0 Å². The SMILES string of the molecule is CCCC1CCC(C2CCC(C(C)=C(C)c3ccc(C)cc3)CC2)CC1. The summed E-state index contributed by atoms with van der Waals surface area (Å²) < 4.78 is 0. The second-order valence-corrected chi connectivity index (χ2v) is 9.36. The van der Waals surface area contributed by atoms with E-state index < -0.39 is 0 Å². The summed E-state index contributed by atoms with van der Waals surface area (Å²) in [4.78, 5) is 0. The number of hydrogen-bond acceptors (Lipinski definition) is 0. The molecule has 0 unspecified atom stereocenters. The molecular weight excluding hydrogens is 312 g/mol. The lowest BCUT2D eigenvalue weighted by atomic mass is 9.67. The van der Waals surface area contributed by atoms with Crippen molar-refractivity contribution >= 4 is 5.57 Å². The van der Waals surface area contributed by atoms with E-state index in [4.69, 9.17) is 0 Å². The average Bonchev–Trinajstić information content (AvgIpc) is 2.68. The quantitative estimate of drug-likeness (QED) is 0.501. The highest BCUT2D eigenvalue weighted by Crippen LogP contribution is 2.44. The Balaban J connectivity index is 1.53. The molecule has 26 heavy (non-hydrogen) atoms. The molecule has 0 heterocycles. The summed E-state index contributed by atoms with van der Waals surface area (Å²) in [5, 5.41) is 0. The summed E-state index contributed by atoms with van der Waals surface area (Å²) in [5.74, 6) is 3.95. The van der Waals surface area contributed by atoms with Crippen LogP contribution >= 0.6 is 0 Å². The van der Waals surface area contributed by atoms with Gasteiger partial charge in [-0.05, 0) is 94.1 Å². The molecule has 2 saturated carbocycles. The van der Waals surface area contributed by atoms with Gasteiger partial charge in [-0.2, -0.15) is 0 Å². The van der Waals surface area contributed by atoms with Crippen LogP contribution in [-0.2, 0) is 0 Å². The Labute approximate surface area is 162 Å². The van der Waals surface area contributed by atoms with Crippen LogP contribution in [0.15, 0.2) is 29.8 Å². The van der Waals surface area contributed by atoms with Crippen molar-refractivity contribution in [2.45, 2.75) is 91.9 Å². The fourth-order valence-electron chi connectivity index (χ4n) is 5.72. The van der Waals surface area contributed by atoms with Gasteiger partial charge in [0.15, 0.2) is 0 Å². The summed E-state index contributed by atoms with van der Waals surface area (Å²) in [7, 11) is 0. The molecule has 3 rings (SSSR count). The topological polar surface area (TPSA) is 0 Å². The van der Waals surface area contributed by atoms with Crippen molar-refractivity contribution in [3.05, 3.63) is 41.0 Å². The highest BCUT2D eigenvalue weighted by Gasteiger charge is 2.31. The maximum absolute atomic E-state index is 2.40. The molecule has 0 radical (unpaired) electrons. The molecule has 1 aromatic carbocycles. The van der Waals surface area contributed by atoms with E-state index in [2.05, 4.69) is 52.0 Å². The largest absolute Gasteiger partial charge is 0.0667 e. The molecule has 144 valence electrons. The molecule has 0 aliphatic heterocycles. The number of rotatable bonds is 5. The smallest absolute Gasteiger partial charge is 0.0200 e. The molecule has 2 aliphatic carbocycles. The summed E-state index contributed by atoms with van der Waals surface area (Å²) >= 11 is 0. The number of allylic oxidation sites excluding steroid dienone is 2. The number of hydrogen-bond donors (Lipinski definition) is 0. The summed E-state index contributed by atoms with van der Waals surface area (Å²) in [6.07, 6.45) is 14.7. The third-order valence-electron chi connectivity index (χ3n) is 7.72. The van der Waals surface area contributed by atoms with Crippen LogP contribution in [0.1, 0.15) is 96.1 Å². The van der Waals surface area contributed by atoms with E-state index in [-0.39, 0.29) is 0 Å². The molecule has 0 bridgehead atoms. The first-order chi connectivity index (χ1) is 12.6. The molecule has 2 fully saturated rings. The van der Waals surface area contributed by atoms with Crippen LogP contribution in [0.3, 0.4) is 0 Å². The van der Waals surface area contributed by atoms with Gasteiger partial charge in [-0.1, -0.05) is 68.0 Å². The van der Waals surface area contributed by atoms with E-state index in [1.54, 1.807) is 5.57 Å². The molecule has 0 atom stereocenters. The third kappa shape index (κ3) is 4.81. The van der Waals surface area contributed by atoms with Gasteiger partial charge in [0.25, 0.3) is 0 Å². The van der Waals surface area contributed by atoms with Gasteiger partial charge >= 0.3 is 0 Å². The van der Waals surface area contributed by atoms with Crippen molar-refractivity contribution in [2.24, 2.45) is 23.7 Å². The van der Waals surface area contributed by atoms with Crippen LogP contribution in [0.5, 0.6) is 0 Å². The van der Waals surface area contributed by atoms with Crippen molar-refractivity contribution < 1.29 is 0 Å². The van der Waals surface area contributed by atoms with Crippen LogP contribution in [0, 0.1) is 30.6 Å². The normalized spacial score (nSPS) is 30.8. The van der Waals surface area contributed by atoms with Crippen LogP contribution in [-0.4, -0.2) is 0 Å². The highest BCUT2D eigenvalue weighted by molar-refractivity contribution is 5.67. The lowest BCUT2D eigenvalue weighted by Gasteiger charge is -2.38. The monoisotopic (exact) mass is 352 g/mol. The number of aryl methyl sites for hydroxylation is 1. The Bertz CT molecular complexity index is 575. The minimum absolute atomic E-state index is 0.823. The van der Waals surface area contributed by atoms with Crippen LogP contribution < -0.4 is 0 Å². The van der Waals surface area contributed by atoms with E-state index in [0.717, 1.165) is 23.7 Å². The van der Waals surface area contributed by atoms with Crippen molar-refractivity contribution in [1.29, 1.82) is 0 Å². The van der Waals surface area contributed by atoms with Gasteiger partial charge in [-0.3, -0.25) is 0 Å². The Kier molecular flexibility index (Phi) is 7.01. The van der Waals surface area contributed by atoms with Gasteiger partial charge in [0.05, 0.1) is 0 Å². The second-order valence-electron chi connectivity index (χ2n) is 9.36. The number of benzene rings is 1. The summed E-state index contributed by atoms with van der Waals surface area (Å²) in [6.45, 7) is 9.26.